The molecular formula is C12H18BrN3O. The highest BCUT2D eigenvalue weighted by Crippen LogP contribution is 2.19. The number of aromatic nitrogens is 1. The molecule has 17 heavy (non-hydrogen) atoms. The van der Waals surface area contributed by atoms with Gasteiger partial charge in [-0.15, -0.1) is 0 Å². The van der Waals surface area contributed by atoms with Crippen molar-refractivity contribution in [3.8, 4) is 0 Å². The van der Waals surface area contributed by atoms with E-state index < -0.39 is 5.54 Å². The van der Waals surface area contributed by atoms with Crippen molar-refractivity contribution < 1.29 is 4.79 Å². The number of hydrogen-bond acceptors (Lipinski definition) is 3. The molecule has 0 radical (unpaired) electrons. The number of pyridine rings is 1. The maximum absolute atomic E-state index is 12.0. The zero-order valence-corrected chi connectivity index (χ0v) is 12.0. The van der Waals surface area contributed by atoms with Gasteiger partial charge >= 0.3 is 0 Å². The third kappa shape index (κ3) is 3.26. The standard InChI is InChI=1S/C12H18BrN3O/c1-4-12(14,5-2)11(17)16-10-8(3)6-9(13)7-15-10/h6-7H,4-5,14H2,1-3H3,(H,15,16,17). The highest BCUT2D eigenvalue weighted by molar-refractivity contribution is 9.10. The summed E-state index contributed by atoms with van der Waals surface area (Å²) in [5.41, 5.74) is 6.11. The van der Waals surface area contributed by atoms with Crippen molar-refractivity contribution in [2.45, 2.75) is 39.2 Å². The maximum Gasteiger partial charge on any atom is 0.245 e. The third-order valence-electron chi connectivity index (χ3n) is 2.99. The van der Waals surface area contributed by atoms with E-state index in [2.05, 4.69) is 26.2 Å². The van der Waals surface area contributed by atoms with Crippen LogP contribution < -0.4 is 11.1 Å². The number of rotatable bonds is 4. The van der Waals surface area contributed by atoms with Gasteiger partial charge in [-0.25, -0.2) is 4.98 Å². The number of anilines is 1. The van der Waals surface area contributed by atoms with E-state index in [0.717, 1.165) is 10.0 Å². The Labute approximate surface area is 110 Å². The van der Waals surface area contributed by atoms with Crippen molar-refractivity contribution in [2.24, 2.45) is 5.73 Å². The number of nitrogens with two attached hydrogens (primary N) is 1. The highest BCUT2D eigenvalue weighted by atomic mass is 79.9. The summed E-state index contributed by atoms with van der Waals surface area (Å²) in [6, 6.07) is 1.90. The Morgan fingerprint density at radius 2 is 2.12 bits per heavy atom. The smallest absolute Gasteiger partial charge is 0.245 e. The lowest BCUT2D eigenvalue weighted by Gasteiger charge is -2.25. The summed E-state index contributed by atoms with van der Waals surface area (Å²) >= 11 is 3.33. The Bertz CT molecular complexity index is 416. The lowest BCUT2D eigenvalue weighted by Crippen LogP contribution is -2.50. The van der Waals surface area contributed by atoms with E-state index in [4.69, 9.17) is 5.73 Å². The number of nitrogens with zero attached hydrogens (tertiary/aromatic N) is 1. The summed E-state index contributed by atoms with van der Waals surface area (Å²) in [6.07, 6.45) is 2.86. The zero-order valence-electron chi connectivity index (χ0n) is 10.4. The van der Waals surface area contributed by atoms with Gasteiger partial charge in [0.05, 0.1) is 5.54 Å². The second-order valence-corrected chi connectivity index (χ2v) is 5.05. The van der Waals surface area contributed by atoms with Crippen molar-refractivity contribution >= 4 is 27.7 Å². The largest absolute Gasteiger partial charge is 0.317 e. The molecule has 3 N–H and O–H groups in total. The number of halogens is 1. The maximum atomic E-state index is 12.0. The van der Waals surface area contributed by atoms with Crippen LogP contribution >= 0.6 is 15.9 Å². The van der Waals surface area contributed by atoms with E-state index >= 15 is 0 Å². The molecule has 0 aliphatic heterocycles. The molecule has 0 saturated carbocycles. The first kappa shape index (κ1) is 14.1. The van der Waals surface area contributed by atoms with E-state index in [0.29, 0.717) is 18.7 Å². The van der Waals surface area contributed by atoms with E-state index in [1.54, 1.807) is 6.20 Å². The number of hydrogen-bond donors (Lipinski definition) is 2. The number of nitrogens with one attached hydrogen (secondary N) is 1. The monoisotopic (exact) mass is 299 g/mol. The van der Waals surface area contributed by atoms with Crippen LogP contribution in [-0.2, 0) is 4.79 Å². The fourth-order valence-corrected chi connectivity index (χ4v) is 1.92. The van der Waals surface area contributed by atoms with Gasteiger partial charge in [-0.1, -0.05) is 13.8 Å². The predicted molar refractivity (Wildman–Crippen MR) is 72.8 cm³/mol. The van der Waals surface area contributed by atoms with Gasteiger partial charge in [0.25, 0.3) is 0 Å². The molecule has 0 spiro atoms. The molecule has 0 bridgehead atoms. The molecule has 0 aliphatic rings. The van der Waals surface area contributed by atoms with Crippen LogP contribution in [0.4, 0.5) is 5.82 Å². The van der Waals surface area contributed by atoms with Crippen LogP contribution in [0.1, 0.15) is 32.3 Å². The molecule has 0 aromatic carbocycles. The molecule has 4 nitrogen and oxygen atoms in total. The van der Waals surface area contributed by atoms with Gasteiger partial charge in [0.2, 0.25) is 5.91 Å². The number of aryl methyl sites for hydroxylation is 1. The quantitative estimate of drug-likeness (QED) is 0.898. The molecule has 1 amide bonds. The van der Waals surface area contributed by atoms with E-state index in [1.165, 1.54) is 0 Å². The van der Waals surface area contributed by atoms with Gasteiger partial charge in [0.15, 0.2) is 0 Å². The summed E-state index contributed by atoms with van der Waals surface area (Å²) in [4.78, 5) is 16.2. The lowest BCUT2D eigenvalue weighted by atomic mass is 9.93. The SMILES string of the molecule is CCC(N)(CC)C(=O)Nc1ncc(Br)cc1C. The van der Waals surface area contributed by atoms with Gasteiger partial charge in [0, 0.05) is 10.7 Å². The van der Waals surface area contributed by atoms with Gasteiger partial charge < -0.3 is 11.1 Å². The van der Waals surface area contributed by atoms with Gasteiger partial charge in [-0.3, -0.25) is 4.79 Å². The van der Waals surface area contributed by atoms with Gasteiger partial charge in [-0.2, -0.15) is 0 Å². The molecule has 0 saturated heterocycles. The molecule has 0 unspecified atom stereocenters. The van der Waals surface area contributed by atoms with Gasteiger partial charge in [-0.05, 0) is 47.3 Å². The molecule has 0 atom stereocenters. The molecule has 0 aliphatic carbocycles. The number of amides is 1. The van der Waals surface area contributed by atoms with E-state index in [9.17, 15) is 4.79 Å². The fourth-order valence-electron chi connectivity index (χ4n) is 1.47. The zero-order chi connectivity index (χ0) is 13.1. The van der Waals surface area contributed by atoms with E-state index in [-0.39, 0.29) is 5.91 Å². The summed E-state index contributed by atoms with van der Waals surface area (Å²) < 4.78 is 0.887. The van der Waals surface area contributed by atoms with Crippen LogP contribution in [0.5, 0.6) is 0 Å². The minimum absolute atomic E-state index is 0.180. The summed E-state index contributed by atoms with van der Waals surface area (Å²) in [6.45, 7) is 5.71. The first-order valence-corrected chi connectivity index (χ1v) is 6.44. The molecule has 1 rings (SSSR count). The fraction of sp³-hybridized carbons (Fsp3) is 0.500. The average molecular weight is 300 g/mol. The second kappa shape index (κ2) is 5.60. The Balaban J connectivity index is 2.88. The van der Waals surface area contributed by atoms with Crippen LogP contribution in [0.15, 0.2) is 16.7 Å². The minimum Gasteiger partial charge on any atom is -0.317 e. The minimum atomic E-state index is -0.818. The van der Waals surface area contributed by atoms with Crippen LogP contribution in [0.2, 0.25) is 0 Å². The molecule has 1 aromatic rings. The first-order chi connectivity index (χ1) is 7.92. The van der Waals surface area contributed by atoms with Crippen LogP contribution in [0.25, 0.3) is 0 Å². The Morgan fingerprint density at radius 3 is 2.59 bits per heavy atom. The van der Waals surface area contributed by atoms with Crippen LogP contribution in [-0.4, -0.2) is 16.4 Å². The molecule has 1 heterocycles. The lowest BCUT2D eigenvalue weighted by molar-refractivity contribution is -0.121. The first-order valence-electron chi connectivity index (χ1n) is 5.65. The molecule has 5 heteroatoms. The predicted octanol–water partition coefficient (Wildman–Crippen LogP) is 2.61. The summed E-state index contributed by atoms with van der Waals surface area (Å²) in [7, 11) is 0. The van der Waals surface area contributed by atoms with Crippen LogP contribution in [0.3, 0.4) is 0 Å². The Kier molecular flexibility index (Phi) is 4.65. The normalized spacial score (nSPS) is 11.4. The van der Waals surface area contributed by atoms with Crippen molar-refractivity contribution in [3.63, 3.8) is 0 Å². The topological polar surface area (TPSA) is 68.0 Å². The van der Waals surface area contributed by atoms with Crippen molar-refractivity contribution in [2.75, 3.05) is 5.32 Å². The van der Waals surface area contributed by atoms with Crippen molar-refractivity contribution in [1.82, 2.24) is 4.98 Å². The van der Waals surface area contributed by atoms with Crippen molar-refractivity contribution in [3.05, 3.63) is 22.3 Å². The molecule has 94 valence electrons. The number of carbonyl (C=O) groups excluding carboxylic acids is 1. The second-order valence-electron chi connectivity index (χ2n) is 4.14. The van der Waals surface area contributed by atoms with Crippen molar-refractivity contribution in [1.29, 1.82) is 0 Å². The highest BCUT2D eigenvalue weighted by Gasteiger charge is 2.30. The van der Waals surface area contributed by atoms with Gasteiger partial charge in [0.1, 0.15) is 5.82 Å². The number of carbonyl (C=O) groups is 1. The summed E-state index contributed by atoms with van der Waals surface area (Å²) in [5.74, 6) is 0.385. The molecular weight excluding hydrogens is 282 g/mol. The van der Waals surface area contributed by atoms with E-state index in [1.807, 2.05) is 26.8 Å². The summed E-state index contributed by atoms with van der Waals surface area (Å²) in [5, 5.41) is 2.78. The molecule has 0 fully saturated rings. The Hall–Kier alpha value is -0.940. The van der Waals surface area contributed by atoms with Crippen LogP contribution in [0, 0.1) is 6.92 Å². The average Bonchev–Trinajstić information content (AvgIpc) is 2.31. The molecule has 1 aromatic heterocycles. The Morgan fingerprint density at radius 1 is 1.53 bits per heavy atom. The third-order valence-corrected chi connectivity index (χ3v) is 3.42.